The Morgan fingerprint density at radius 3 is 2.96 bits per heavy atom. The van der Waals surface area contributed by atoms with Crippen LogP contribution >= 0.6 is 11.3 Å². The van der Waals surface area contributed by atoms with Crippen molar-refractivity contribution in [3.63, 3.8) is 0 Å². The number of nitrogens with zero attached hydrogens (tertiary/aromatic N) is 1. The second kappa shape index (κ2) is 7.45. The predicted octanol–water partition coefficient (Wildman–Crippen LogP) is 1.86. The number of amides is 2. The van der Waals surface area contributed by atoms with Crippen LogP contribution in [0.15, 0.2) is 17.5 Å². The number of nitrogens with one attached hydrogen (secondary N) is 2. The summed E-state index contributed by atoms with van der Waals surface area (Å²) in [5.41, 5.74) is 0. The smallest absolute Gasteiger partial charge is 0.264 e. The number of hydrogen-bond acceptors (Lipinski definition) is 4. The fraction of sp³-hybridized carbons (Fsp3) is 0.647. The molecule has 0 bridgehead atoms. The van der Waals surface area contributed by atoms with Crippen molar-refractivity contribution in [2.24, 2.45) is 5.92 Å². The van der Waals surface area contributed by atoms with Gasteiger partial charge in [-0.05, 0) is 56.1 Å². The highest BCUT2D eigenvalue weighted by Crippen LogP contribution is 2.22. The molecule has 0 aliphatic carbocycles. The van der Waals surface area contributed by atoms with Crippen LogP contribution in [0.2, 0.25) is 0 Å². The Hall–Kier alpha value is -1.40. The highest BCUT2D eigenvalue weighted by molar-refractivity contribution is 7.12. The average Bonchev–Trinajstić information content (AvgIpc) is 3.11. The van der Waals surface area contributed by atoms with Gasteiger partial charge in [-0.25, -0.2) is 0 Å². The normalized spacial score (nSPS) is 28.4. The van der Waals surface area contributed by atoms with E-state index in [4.69, 9.17) is 0 Å². The molecule has 1 aromatic rings. The summed E-state index contributed by atoms with van der Waals surface area (Å²) >= 11 is 1.44. The Morgan fingerprint density at radius 2 is 2.22 bits per heavy atom. The molecule has 6 heteroatoms. The molecule has 5 nitrogen and oxygen atoms in total. The van der Waals surface area contributed by atoms with Gasteiger partial charge in [-0.15, -0.1) is 11.3 Å². The Kier molecular flexibility index (Phi) is 5.33. The van der Waals surface area contributed by atoms with Crippen molar-refractivity contribution in [3.8, 4) is 0 Å². The molecule has 0 saturated carbocycles. The van der Waals surface area contributed by atoms with Crippen LogP contribution in [0.1, 0.15) is 42.3 Å². The van der Waals surface area contributed by atoms with Gasteiger partial charge in [0.2, 0.25) is 5.91 Å². The van der Waals surface area contributed by atoms with Gasteiger partial charge < -0.3 is 15.5 Å². The van der Waals surface area contributed by atoms with Crippen LogP contribution in [0, 0.1) is 5.92 Å². The van der Waals surface area contributed by atoms with Crippen LogP contribution < -0.4 is 10.6 Å². The molecule has 2 aliphatic heterocycles. The lowest BCUT2D eigenvalue weighted by Crippen LogP contribution is -2.56. The Labute approximate surface area is 141 Å². The topological polar surface area (TPSA) is 61.4 Å². The maximum absolute atomic E-state index is 12.8. The number of carbonyl (C=O) groups is 2. The maximum atomic E-state index is 12.8. The lowest BCUT2D eigenvalue weighted by atomic mass is 9.94. The number of rotatable bonds is 3. The number of hydrogen-bond donors (Lipinski definition) is 2. The van der Waals surface area contributed by atoms with Crippen LogP contribution in [0.5, 0.6) is 0 Å². The summed E-state index contributed by atoms with van der Waals surface area (Å²) in [5, 5.41) is 8.45. The van der Waals surface area contributed by atoms with Crippen molar-refractivity contribution in [3.05, 3.63) is 22.4 Å². The Morgan fingerprint density at radius 1 is 1.35 bits per heavy atom. The molecule has 2 fully saturated rings. The molecule has 3 heterocycles. The highest BCUT2D eigenvalue weighted by atomic mass is 32.1. The van der Waals surface area contributed by atoms with Crippen LogP contribution in [0.4, 0.5) is 0 Å². The first-order chi connectivity index (χ1) is 11.2. The van der Waals surface area contributed by atoms with E-state index in [0.29, 0.717) is 12.5 Å². The monoisotopic (exact) mass is 335 g/mol. The number of piperidine rings is 2. The van der Waals surface area contributed by atoms with Gasteiger partial charge >= 0.3 is 0 Å². The zero-order valence-corrected chi connectivity index (χ0v) is 14.4. The highest BCUT2D eigenvalue weighted by Gasteiger charge is 2.34. The SMILES string of the molecule is CC1CNCCC1NC(=O)C1CCCCN1C(=O)c1cccs1. The molecule has 126 valence electrons. The molecule has 0 spiro atoms. The summed E-state index contributed by atoms with van der Waals surface area (Å²) in [7, 11) is 0. The molecular formula is C17H25N3O2S. The number of thiophene rings is 1. The zero-order chi connectivity index (χ0) is 16.2. The molecule has 3 atom stereocenters. The van der Waals surface area contributed by atoms with E-state index in [-0.39, 0.29) is 23.9 Å². The van der Waals surface area contributed by atoms with Gasteiger partial charge in [0, 0.05) is 12.6 Å². The maximum Gasteiger partial charge on any atom is 0.264 e. The van der Waals surface area contributed by atoms with Gasteiger partial charge in [0.05, 0.1) is 4.88 Å². The van der Waals surface area contributed by atoms with Crippen molar-refractivity contribution in [2.45, 2.75) is 44.7 Å². The first-order valence-electron chi connectivity index (χ1n) is 8.52. The van der Waals surface area contributed by atoms with Crippen LogP contribution in [0.3, 0.4) is 0 Å². The lowest BCUT2D eigenvalue weighted by molar-refractivity contribution is -0.127. The van der Waals surface area contributed by atoms with Gasteiger partial charge in [0.25, 0.3) is 5.91 Å². The summed E-state index contributed by atoms with van der Waals surface area (Å²) < 4.78 is 0. The standard InChI is InChI=1S/C17H25N3O2S/c1-12-11-18-8-7-13(12)19-16(21)14-5-2-3-9-20(14)17(22)15-6-4-10-23-15/h4,6,10,12-14,18H,2-3,5,7-9,11H2,1H3,(H,19,21). The molecule has 2 aliphatic rings. The largest absolute Gasteiger partial charge is 0.351 e. The molecule has 23 heavy (non-hydrogen) atoms. The molecule has 0 aromatic carbocycles. The van der Waals surface area contributed by atoms with E-state index in [2.05, 4.69) is 17.6 Å². The van der Waals surface area contributed by atoms with E-state index < -0.39 is 0 Å². The Bertz CT molecular complexity index is 546. The van der Waals surface area contributed by atoms with Crippen molar-refractivity contribution >= 4 is 23.2 Å². The molecule has 1 aromatic heterocycles. The van der Waals surface area contributed by atoms with Gasteiger partial charge in [-0.2, -0.15) is 0 Å². The van der Waals surface area contributed by atoms with Crippen molar-refractivity contribution < 1.29 is 9.59 Å². The van der Waals surface area contributed by atoms with Gasteiger partial charge in [-0.3, -0.25) is 9.59 Å². The molecule has 0 radical (unpaired) electrons. The Balaban J connectivity index is 1.68. The molecule has 2 saturated heterocycles. The summed E-state index contributed by atoms with van der Waals surface area (Å²) in [6.07, 6.45) is 3.71. The quantitative estimate of drug-likeness (QED) is 0.886. The van der Waals surface area contributed by atoms with Gasteiger partial charge in [-0.1, -0.05) is 13.0 Å². The summed E-state index contributed by atoms with van der Waals surface area (Å²) in [4.78, 5) is 27.9. The third-order valence-electron chi connectivity index (χ3n) is 4.91. The van der Waals surface area contributed by atoms with E-state index >= 15 is 0 Å². The molecule has 3 unspecified atom stereocenters. The number of carbonyl (C=O) groups excluding carboxylic acids is 2. The van der Waals surface area contributed by atoms with E-state index in [0.717, 1.165) is 43.6 Å². The second-order valence-electron chi connectivity index (χ2n) is 6.57. The van der Waals surface area contributed by atoms with E-state index in [1.165, 1.54) is 11.3 Å². The van der Waals surface area contributed by atoms with Crippen molar-refractivity contribution in [1.29, 1.82) is 0 Å². The molecule has 2 N–H and O–H groups in total. The fourth-order valence-electron chi connectivity index (χ4n) is 3.50. The minimum atomic E-state index is -0.319. The van der Waals surface area contributed by atoms with E-state index in [9.17, 15) is 9.59 Å². The second-order valence-corrected chi connectivity index (χ2v) is 7.52. The van der Waals surface area contributed by atoms with Crippen LogP contribution in [-0.4, -0.2) is 48.4 Å². The molecule has 3 rings (SSSR count). The first-order valence-corrected chi connectivity index (χ1v) is 9.40. The zero-order valence-electron chi connectivity index (χ0n) is 13.6. The van der Waals surface area contributed by atoms with Crippen molar-refractivity contribution in [1.82, 2.24) is 15.5 Å². The van der Waals surface area contributed by atoms with Crippen LogP contribution in [0.25, 0.3) is 0 Å². The molecule has 2 amide bonds. The minimum absolute atomic E-state index is 0.00166. The summed E-state index contributed by atoms with van der Waals surface area (Å²) in [5.74, 6) is 0.448. The molecular weight excluding hydrogens is 310 g/mol. The van der Waals surface area contributed by atoms with Gasteiger partial charge in [0.1, 0.15) is 6.04 Å². The lowest BCUT2D eigenvalue weighted by Gasteiger charge is -2.37. The minimum Gasteiger partial charge on any atom is -0.351 e. The van der Waals surface area contributed by atoms with Crippen LogP contribution in [-0.2, 0) is 4.79 Å². The van der Waals surface area contributed by atoms with E-state index in [1.807, 2.05) is 17.5 Å². The summed E-state index contributed by atoms with van der Waals surface area (Å²) in [6, 6.07) is 3.61. The predicted molar refractivity (Wildman–Crippen MR) is 91.6 cm³/mol. The van der Waals surface area contributed by atoms with E-state index in [1.54, 1.807) is 4.90 Å². The van der Waals surface area contributed by atoms with Crippen molar-refractivity contribution in [2.75, 3.05) is 19.6 Å². The summed E-state index contributed by atoms with van der Waals surface area (Å²) in [6.45, 7) is 4.72. The number of likely N-dealkylation sites (tertiary alicyclic amines) is 1. The fourth-order valence-corrected chi connectivity index (χ4v) is 4.18. The third kappa shape index (κ3) is 3.75. The first kappa shape index (κ1) is 16.5. The average molecular weight is 335 g/mol. The third-order valence-corrected chi connectivity index (χ3v) is 5.77. The van der Waals surface area contributed by atoms with Gasteiger partial charge in [0.15, 0.2) is 0 Å².